The predicted octanol–water partition coefficient (Wildman–Crippen LogP) is 4.69. The molecule has 0 bridgehead atoms. The third-order valence-corrected chi connectivity index (χ3v) is 3.87. The lowest BCUT2D eigenvalue weighted by molar-refractivity contribution is 0.588. The summed E-state index contributed by atoms with van der Waals surface area (Å²) in [5, 5.41) is 9.28. The Morgan fingerprint density at radius 2 is 2.05 bits per heavy atom. The maximum absolute atomic E-state index is 6.37. The predicted molar refractivity (Wildman–Crippen MR) is 89.1 cm³/mol. The van der Waals surface area contributed by atoms with Gasteiger partial charge in [-0.05, 0) is 37.1 Å². The summed E-state index contributed by atoms with van der Waals surface area (Å²) >= 11 is 12.4. The molecule has 2 aromatic rings. The minimum Gasteiger partial charge on any atom is -0.306 e. The van der Waals surface area contributed by atoms with Crippen molar-refractivity contribution in [2.24, 2.45) is 0 Å². The minimum absolute atomic E-state index is 0.0420. The van der Waals surface area contributed by atoms with Gasteiger partial charge in [-0.25, -0.2) is 0 Å². The van der Waals surface area contributed by atoms with Gasteiger partial charge in [-0.3, -0.25) is 4.68 Å². The van der Waals surface area contributed by atoms with Crippen molar-refractivity contribution in [1.82, 2.24) is 15.1 Å². The molecule has 0 aliphatic carbocycles. The van der Waals surface area contributed by atoms with Gasteiger partial charge in [0.15, 0.2) is 0 Å². The summed E-state index contributed by atoms with van der Waals surface area (Å²) in [6.07, 6.45) is 6.12. The van der Waals surface area contributed by atoms with Crippen molar-refractivity contribution in [3.8, 4) is 0 Å². The highest BCUT2D eigenvalue weighted by Gasteiger charge is 2.18. The molecule has 1 unspecified atom stereocenters. The molecule has 0 saturated heterocycles. The van der Waals surface area contributed by atoms with Crippen LogP contribution in [0.3, 0.4) is 0 Å². The average molecular weight is 326 g/mol. The molecular weight excluding hydrogens is 305 g/mol. The molecule has 114 valence electrons. The number of aromatic nitrogens is 2. The van der Waals surface area contributed by atoms with Crippen LogP contribution in [-0.4, -0.2) is 16.3 Å². The van der Waals surface area contributed by atoms with Crippen LogP contribution in [0.1, 0.15) is 43.9 Å². The van der Waals surface area contributed by atoms with E-state index in [1.165, 1.54) is 0 Å². The third-order valence-electron chi connectivity index (χ3n) is 3.31. The summed E-state index contributed by atoms with van der Waals surface area (Å²) in [6.45, 7) is 6.13. The van der Waals surface area contributed by atoms with Crippen LogP contribution < -0.4 is 5.32 Å². The van der Waals surface area contributed by atoms with E-state index in [0.29, 0.717) is 10.0 Å². The van der Waals surface area contributed by atoms with Crippen LogP contribution in [0, 0.1) is 0 Å². The van der Waals surface area contributed by atoms with Gasteiger partial charge in [0.1, 0.15) is 0 Å². The van der Waals surface area contributed by atoms with Crippen molar-refractivity contribution in [3.63, 3.8) is 0 Å². The maximum atomic E-state index is 6.37. The summed E-state index contributed by atoms with van der Waals surface area (Å²) < 4.78 is 1.97. The Morgan fingerprint density at radius 3 is 2.71 bits per heavy atom. The van der Waals surface area contributed by atoms with Crippen molar-refractivity contribution in [1.29, 1.82) is 0 Å². The number of benzene rings is 1. The lowest BCUT2D eigenvalue weighted by Crippen LogP contribution is -2.23. The maximum Gasteiger partial charge on any atom is 0.0622 e. The molecule has 0 amide bonds. The van der Waals surface area contributed by atoms with Gasteiger partial charge in [0.25, 0.3) is 0 Å². The van der Waals surface area contributed by atoms with Gasteiger partial charge in [0, 0.05) is 28.4 Å². The van der Waals surface area contributed by atoms with Crippen LogP contribution in [0.2, 0.25) is 10.0 Å². The van der Waals surface area contributed by atoms with E-state index >= 15 is 0 Å². The van der Waals surface area contributed by atoms with Crippen LogP contribution in [0.4, 0.5) is 0 Å². The van der Waals surface area contributed by atoms with Crippen LogP contribution >= 0.6 is 23.2 Å². The number of nitrogens with one attached hydrogen (secondary N) is 1. The van der Waals surface area contributed by atoms with Crippen molar-refractivity contribution in [2.45, 2.75) is 39.3 Å². The summed E-state index contributed by atoms with van der Waals surface area (Å²) in [4.78, 5) is 0. The summed E-state index contributed by atoms with van der Waals surface area (Å²) in [7, 11) is 0. The lowest BCUT2D eigenvalue weighted by atomic mass is 10.0. The Morgan fingerprint density at radius 1 is 1.24 bits per heavy atom. The third kappa shape index (κ3) is 4.22. The normalized spacial score (nSPS) is 12.6. The Labute approximate surface area is 136 Å². The fourth-order valence-electron chi connectivity index (χ4n) is 2.31. The van der Waals surface area contributed by atoms with Gasteiger partial charge < -0.3 is 5.32 Å². The zero-order valence-electron chi connectivity index (χ0n) is 12.4. The second kappa shape index (κ2) is 7.83. The molecule has 21 heavy (non-hydrogen) atoms. The SMILES string of the molecule is CCCNC(c1cnn(CCC)c1)c1ccc(Cl)cc1Cl. The largest absolute Gasteiger partial charge is 0.306 e. The molecule has 0 fully saturated rings. The molecule has 1 aromatic heterocycles. The van der Waals surface area contributed by atoms with E-state index in [2.05, 4.69) is 30.5 Å². The van der Waals surface area contributed by atoms with Gasteiger partial charge in [0.05, 0.1) is 12.2 Å². The first-order valence-corrected chi connectivity index (χ1v) is 8.12. The molecule has 1 N–H and O–H groups in total. The molecule has 1 heterocycles. The quantitative estimate of drug-likeness (QED) is 0.800. The molecule has 0 aliphatic heterocycles. The fourth-order valence-corrected chi connectivity index (χ4v) is 2.83. The van der Waals surface area contributed by atoms with Gasteiger partial charge in [-0.1, -0.05) is 43.1 Å². The first-order valence-electron chi connectivity index (χ1n) is 7.36. The van der Waals surface area contributed by atoms with Crippen molar-refractivity contribution in [3.05, 3.63) is 51.8 Å². The average Bonchev–Trinajstić information content (AvgIpc) is 2.90. The van der Waals surface area contributed by atoms with Gasteiger partial charge in [0.2, 0.25) is 0 Å². The van der Waals surface area contributed by atoms with Crippen molar-refractivity contribution < 1.29 is 0 Å². The standard InChI is InChI=1S/C16H21Cl2N3/c1-3-7-19-16(12-10-20-21(11-12)8-4-2)14-6-5-13(17)9-15(14)18/h5-6,9-11,16,19H,3-4,7-8H2,1-2H3. The number of halogens is 2. The Bertz CT molecular complexity index is 581. The van der Waals surface area contributed by atoms with Crippen LogP contribution in [0.5, 0.6) is 0 Å². The van der Waals surface area contributed by atoms with E-state index in [1.807, 2.05) is 23.0 Å². The first-order chi connectivity index (χ1) is 10.2. The van der Waals surface area contributed by atoms with Crippen LogP contribution in [0.25, 0.3) is 0 Å². The van der Waals surface area contributed by atoms with Gasteiger partial charge in [-0.2, -0.15) is 5.10 Å². The summed E-state index contributed by atoms with van der Waals surface area (Å²) in [5.74, 6) is 0. The molecule has 1 atom stereocenters. The second-order valence-corrected chi connectivity index (χ2v) is 5.93. The topological polar surface area (TPSA) is 29.9 Å². The highest BCUT2D eigenvalue weighted by molar-refractivity contribution is 6.35. The van der Waals surface area contributed by atoms with Crippen LogP contribution in [0.15, 0.2) is 30.6 Å². The van der Waals surface area contributed by atoms with Crippen molar-refractivity contribution >= 4 is 23.2 Å². The minimum atomic E-state index is 0.0420. The highest BCUT2D eigenvalue weighted by atomic mass is 35.5. The monoisotopic (exact) mass is 325 g/mol. The van der Waals surface area contributed by atoms with E-state index in [1.54, 1.807) is 6.07 Å². The Balaban J connectivity index is 2.32. The fraction of sp³-hybridized carbons (Fsp3) is 0.438. The summed E-state index contributed by atoms with van der Waals surface area (Å²) in [6, 6.07) is 5.69. The molecule has 0 saturated carbocycles. The Hall–Kier alpha value is -1.03. The molecule has 3 nitrogen and oxygen atoms in total. The molecule has 5 heteroatoms. The highest BCUT2D eigenvalue weighted by Crippen LogP contribution is 2.30. The Kier molecular flexibility index (Phi) is 6.09. The summed E-state index contributed by atoms with van der Waals surface area (Å²) in [5.41, 5.74) is 2.16. The van der Waals surface area contributed by atoms with Crippen LogP contribution in [-0.2, 0) is 6.54 Å². The van der Waals surface area contributed by atoms with Crippen molar-refractivity contribution in [2.75, 3.05) is 6.54 Å². The lowest BCUT2D eigenvalue weighted by Gasteiger charge is -2.19. The number of rotatable bonds is 7. The molecule has 1 aromatic carbocycles. The molecule has 0 aliphatic rings. The van der Waals surface area contributed by atoms with Gasteiger partial charge >= 0.3 is 0 Å². The number of hydrogen-bond donors (Lipinski definition) is 1. The van der Waals surface area contributed by atoms with E-state index in [4.69, 9.17) is 23.2 Å². The number of nitrogens with zero attached hydrogens (tertiary/aromatic N) is 2. The smallest absolute Gasteiger partial charge is 0.0622 e. The molecule has 0 radical (unpaired) electrons. The molecule has 0 spiro atoms. The van der Waals surface area contributed by atoms with E-state index in [-0.39, 0.29) is 6.04 Å². The molecule has 2 rings (SSSR count). The first kappa shape index (κ1) is 16.3. The molecular formula is C16H21Cl2N3. The second-order valence-electron chi connectivity index (χ2n) is 5.09. The van der Waals surface area contributed by atoms with E-state index < -0.39 is 0 Å². The zero-order valence-corrected chi connectivity index (χ0v) is 14.0. The number of aryl methyl sites for hydroxylation is 1. The van der Waals surface area contributed by atoms with E-state index in [0.717, 1.165) is 37.1 Å². The van der Waals surface area contributed by atoms with E-state index in [9.17, 15) is 0 Å². The zero-order chi connectivity index (χ0) is 15.2. The van der Waals surface area contributed by atoms with Gasteiger partial charge in [-0.15, -0.1) is 0 Å². The number of hydrogen-bond acceptors (Lipinski definition) is 2.